The Bertz CT molecular complexity index is 605. The molecule has 0 aliphatic rings. The molecule has 0 saturated heterocycles. The largest absolute Gasteiger partial charge is 0.488 e. The lowest BCUT2D eigenvalue weighted by Crippen LogP contribution is -2.34. The quantitative estimate of drug-likeness (QED) is 0.878. The first-order valence-electron chi connectivity index (χ1n) is 6.74. The molecule has 2 aromatic rings. The summed E-state index contributed by atoms with van der Waals surface area (Å²) in [6, 6.07) is 7.59. The van der Waals surface area contributed by atoms with Crippen LogP contribution in [-0.4, -0.2) is 5.54 Å². The summed E-state index contributed by atoms with van der Waals surface area (Å²) in [6.45, 7) is 7.51. The van der Waals surface area contributed by atoms with Crippen LogP contribution in [0.1, 0.15) is 30.5 Å². The van der Waals surface area contributed by atoms with Gasteiger partial charge < -0.3 is 10.1 Å². The summed E-state index contributed by atoms with van der Waals surface area (Å²) in [4.78, 5) is 2.26. The Kier molecular flexibility index (Phi) is 4.96. The highest BCUT2D eigenvalue weighted by atomic mass is 32.1. The smallest absolute Gasteiger partial charge is 0.162 e. The Morgan fingerprint density at radius 3 is 2.43 bits per heavy atom. The van der Waals surface area contributed by atoms with Gasteiger partial charge in [-0.3, -0.25) is 0 Å². The van der Waals surface area contributed by atoms with Crippen molar-refractivity contribution < 1.29 is 13.5 Å². The zero-order valence-corrected chi connectivity index (χ0v) is 13.2. The highest BCUT2D eigenvalue weighted by Gasteiger charge is 2.10. The molecule has 0 atom stereocenters. The Morgan fingerprint density at radius 2 is 1.76 bits per heavy atom. The van der Waals surface area contributed by atoms with Gasteiger partial charge in [0.25, 0.3) is 0 Å². The first-order valence-corrected chi connectivity index (χ1v) is 7.55. The van der Waals surface area contributed by atoms with E-state index in [1.807, 2.05) is 12.1 Å². The van der Waals surface area contributed by atoms with Gasteiger partial charge in [-0.2, -0.15) is 0 Å². The molecule has 0 spiro atoms. The van der Waals surface area contributed by atoms with Crippen molar-refractivity contribution in [1.29, 1.82) is 0 Å². The zero-order valence-electron chi connectivity index (χ0n) is 12.4. The second-order valence-electron chi connectivity index (χ2n) is 5.84. The van der Waals surface area contributed by atoms with Crippen LogP contribution in [-0.2, 0) is 13.2 Å². The molecule has 0 fully saturated rings. The number of ether oxygens (including phenoxy) is 1. The van der Waals surface area contributed by atoms with E-state index in [0.29, 0.717) is 12.4 Å². The van der Waals surface area contributed by atoms with Gasteiger partial charge in [0.2, 0.25) is 0 Å². The number of hydrogen-bond donors (Lipinski definition) is 1. The van der Waals surface area contributed by atoms with Crippen LogP contribution in [0.25, 0.3) is 0 Å². The Morgan fingerprint density at radius 1 is 1.05 bits per heavy atom. The zero-order chi connectivity index (χ0) is 15.5. The van der Waals surface area contributed by atoms with Gasteiger partial charge in [0.15, 0.2) is 11.6 Å². The van der Waals surface area contributed by atoms with Gasteiger partial charge >= 0.3 is 0 Å². The molecular formula is C16H19F2NOS. The molecule has 1 aromatic heterocycles. The molecule has 21 heavy (non-hydrogen) atoms. The van der Waals surface area contributed by atoms with E-state index in [4.69, 9.17) is 4.74 Å². The van der Waals surface area contributed by atoms with Gasteiger partial charge in [-0.15, -0.1) is 11.3 Å². The highest BCUT2D eigenvalue weighted by Crippen LogP contribution is 2.21. The van der Waals surface area contributed by atoms with E-state index in [2.05, 4.69) is 26.1 Å². The molecule has 2 rings (SSSR count). The summed E-state index contributed by atoms with van der Waals surface area (Å²) in [5.41, 5.74) is 0.0757. The summed E-state index contributed by atoms with van der Waals surface area (Å²) >= 11 is 1.64. The maximum absolute atomic E-state index is 13.1. The normalized spacial score (nSPS) is 11.7. The van der Waals surface area contributed by atoms with Gasteiger partial charge in [-0.05, 0) is 45.0 Å². The minimum absolute atomic E-state index is 0.0757. The molecule has 0 saturated carbocycles. The van der Waals surface area contributed by atoms with Crippen molar-refractivity contribution in [1.82, 2.24) is 5.32 Å². The standard InChI is InChI=1S/C16H19F2NOS/c1-16(2,3)19-9-12-5-6-13(21-12)10-20-11-4-7-14(17)15(18)8-11/h4-8,19H,9-10H2,1-3H3. The van der Waals surface area contributed by atoms with E-state index >= 15 is 0 Å². The van der Waals surface area contributed by atoms with E-state index in [9.17, 15) is 8.78 Å². The van der Waals surface area contributed by atoms with Crippen LogP contribution in [0.3, 0.4) is 0 Å². The third-order valence-electron chi connectivity index (χ3n) is 2.78. The molecule has 0 aliphatic carbocycles. The van der Waals surface area contributed by atoms with Crippen LogP contribution in [0.2, 0.25) is 0 Å². The van der Waals surface area contributed by atoms with Gasteiger partial charge in [-0.1, -0.05) is 0 Å². The summed E-state index contributed by atoms with van der Waals surface area (Å²) in [5, 5.41) is 3.42. The third-order valence-corrected chi connectivity index (χ3v) is 3.84. The second-order valence-corrected chi connectivity index (χ2v) is 7.09. The van der Waals surface area contributed by atoms with Crippen LogP contribution >= 0.6 is 11.3 Å². The first kappa shape index (κ1) is 15.9. The highest BCUT2D eigenvalue weighted by molar-refractivity contribution is 7.11. The molecule has 0 unspecified atom stereocenters. The summed E-state index contributed by atoms with van der Waals surface area (Å²) < 4.78 is 31.3. The molecule has 0 aliphatic heterocycles. The number of nitrogens with one attached hydrogen (secondary N) is 1. The summed E-state index contributed by atoms with van der Waals surface area (Å²) in [7, 11) is 0. The van der Waals surface area contributed by atoms with Crippen molar-refractivity contribution in [3.63, 3.8) is 0 Å². The van der Waals surface area contributed by atoms with Crippen molar-refractivity contribution >= 4 is 11.3 Å². The topological polar surface area (TPSA) is 21.3 Å². The molecule has 0 radical (unpaired) electrons. The minimum atomic E-state index is -0.895. The number of thiophene rings is 1. The Hall–Kier alpha value is -1.46. The van der Waals surface area contributed by atoms with E-state index in [-0.39, 0.29) is 5.54 Å². The monoisotopic (exact) mass is 311 g/mol. The predicted molar refractivity (Wildman–Crippen MR) is 81.6 cm³/mol. The predicted octanol–water partition coefficient (Wildman–Crippen LogP) is 4.49. The minimum Gasteiger partial charge on any atom is -0.488 e. The lowest BCUT2D eigenvalue weighted by Gasteiger charge is -2.19. The van der Waals surface area contributed by atoms with Crippen LogP contribution in [0.4, 0.5) is 8.78 Å². The van der Waals surface area contributed by atoms with Crippen molar-refractivity contribution in [2.45, 2.75) is 39.5 Å². The van der Waals surface area contributed by atoms with Crippen molar-refractivity contribution in [3.8, 4) is 5.75 Å². The fourth-order valence-electron chi connectivity index (χ4n) is 1.67. The molecule has 1 N–H and O–H groups in total. The molecule has 1 aromatic carbocycles. The van der Waals surface area contributed by atoms with Gasteiger partial charge in [0, 0.05) is 27.9 Å². The summed E-state index contributed by atoms with van der Waals surface area (Å²) in [6.07, 6.45) is 0. The van der Waals surface area contributed by atoms with E-state index in [1.54, 1.807) is 11.3 Å². The van der Waals surface area contributed by atoms with Crippen molar-refractivity contribution in [3.05, 3.63) is 51.7 Å². The summed E-state index contributed by atoms with van der Waals surface area (Å²) in [5.74, 6) is -1.43. The molecule has 0 amide bonds. The van der Waals surface area contributed by atoms with Gasteiger partial charge in [-0.25, -0.2) is 8.78 Å². The number of rotatable bonds is 5. The average Bonchev–Trinajstić information content (AvgIpc) is 2.85. The van der Waals surface area contributed by atoms with Crippen molar-refractivity contribution in [2.24, 2.45) is 0 Å². The Balaban J connectivity index is 1.89. The van der Waals surface area contributed by atoms with Crippen molar-refractivity contribution in [2.75, 3.05) is 0 Å². The fraction of sp³-hybridized carbons (Fsp3) is 0.375. The molecule has 5 heteroatoms. The molecule has 2 nitrogen and oxygen atoms in total. The maximum atomic E-state index is 13.1. The Labute approximate surface area is 127 Å². The van der Waals surface area contributed by atoms with Crippen LogP contribution in [0, 0.1) is 11.6 Å². The SMILES string of the molecule is CC(C)(C)NCc1ccc(COc2ccc(F)c(F)c2)s1. The first-order chi connectivity index (χ1) is 9.83. The second kappa shape index (κ2) is 6.54. The molecule has 114 valence electrons. The van der Waals surface area contributed by atoms with Crippen LogP contribution < -0.4 is 10.1 Å². The van der Waals surface area contributed by atoms with Gasteiger partial charge in [0.1, 0.15) is 12.4 Å². The van der Waals surface area contributed by atoms with Gasteiger partial charge in [0.05, 0.1) is 0 Å². The van der Waals surface area contributed by atoms with E-state index < -0.39 is 11.6 Å². The van der Waals surface area contributed by atoms with E-state index in [0.717, 1.165) is 23.6 Å². The lowest BCUT2D eigenvalue weighted by atomic mass is 10.1. The fourth-order valence-corrected chi connectivity index (χ4v) is 2.54. The number of benzene rings is 1. The van der Waals surface area contributed by atoms with E-state index in [1.165, 1.54) is 10.9 Å². The number of hydrogen-bond acceptors (Lipinski definition) is 3. The lowest BCUT2D eigenvalue weighted by molar-refractivity contribution is 0.307. The average molecular weight is 311 g/mol. The molecular weight excluding hydrogens is 292 g/mol. The van der Waals surface area contributed by atoms with Crippen LogP contribution in [0.15, 0.2) is 30.3 Å². The number of halogens is 2. The van der Waals surface area contributed by atoms with Crippen LogP contribution in [0.5, 0.6) is 5.75 Å². The molecule has 1 heterocycles. The maximum Gasteiger partial charge on any atom is 0.162 e. The third kappa shape index (κ3) is 5.10. The molecule has 0 bridgehead atoms.